The van der Waals surface area contributed by atoms with Crippen molar-refractivity contribution in [1.29, 1.82) is 0 Å². The van der Waals surface area contributed by atoms with Crippen molar-refractivity contribution in [3.8, 4) is 0 Å². The fraction of sp³-hybridized carbons (Fsp3) is 0.600. The second-order valence-electron chi connectivity index (χ2n) is 5.61. The van der Waals surface area contributed by atoms with Crippen molar-refractivity contribution in [3.63, 3.8) is 0 Å². The van der Waals surface area contributed by atoms with Gasteiger partial charge in [0.25, 0.3) is 0 Å². The van der Waals surface area contributed by atoms with Crippen molar-refractivity contribution in [3.05, 3.63) is 29.6 Å². The molecule has 1 heterocycles. The Balaban J connectivity index is 2.23. The molecule has 0 spiro atoms. The third kappa shape index (κ3) is 3.07. The van der Waals surface area contributed by atoms with Gasteiger partial charge in [-0.05, 0) is 52.0 Å². The Morgan fingerprint density at radius 1 is 1.37 bits per heavy atom. The first-order valence-electron chi connectivity index (χ1n) is 6.96. The zero-order valence-electron chi connectivity index (χ0n) is 12.1. The molecule has 1 fully saturated rings. The number of halogens is 1. The summed E-state index contributed by atoms with van der Waals surface area (Å²) >= 11 is 0. The second kappa shape index (κ2) is 5.88. The van der Waals surface area contributed by atoms with E-state index in [-0.39, 0.29) is 11.9 Å². The zero-order chi connectivity index (χ0) is 14.0. The molecule has 0 amide bonds. The van der Waals surface area contributed by atoms with Crippen molar-refractivity contribution < 1.29 is 4.39 Å². The molecule has 106 valence electrons. The first kappa shape index (κ1) is 14.3. The van der Waals surface area contributed by atoms with Gasteiger partial charge in [0.1, 0.15) is 5.82 Å². The number of likely N-dealkylation sites (tertiary alicyclic amines) is 1. The number of benzene rings is 1. The largest absolute Gasteiger partial charge is 0.371 e. The van der Waals surface area contributed by atoms with Gasteiger partial charge in [-0.3, -0.25) is 0 Å². The highest BCUT2D eigenvalue weighted by Crippen LogP contribution is 2.30. The minimum atomic E-state index is -0.287. The molecule has 4 heteroatoms. The van der Waals surface area contributed by atoms with Gasteiger partial charge in [-0.1, -0.05) is 6.07 Å². The predicted molar refractivity (Wildman–Crippen MR) is 77.9 cm³/mol. The van der Waals surface area contributed by atoms with Gasteiger partial charge in [0.05, 0.1) is 0 Å². The number of hydrogen-bond donors (Lipinski definition) is 1. The number of nitrogens with two attached hydrogens (primary N) is 1. The van der Waals surface area contributed by atoms with Crippen LogP contribution < -0.4 is 10.6 Å². The van der Waals surface area contributed by atoms with Crippen LogP contribution in [0.3, 0.4) is 0 Å². The molecule has 0 bridgehead atoms. The summed E-state index contributed by atoms with van der Waals surface area (Å²) in [5, 5.41) is 0. The number of rotatable bonds is 3. The zero-order valence-corrected chi connectivity index (χ0v) is 12.1. The quantitative estimate of drug-likeness (QED) is 0.910. The summed E-state index contributed by atoms with van der Waals surface area (Å²) in [6, 6.07) is 5.41. The van der Waals surface area contributed by atoms with Crippen LogP contribution in [0.2, 0.25) is 0 Å². The van der Waals surface area contributed by atoms with Crippen molar-refractivity contribution in [2.24, 2.45) is 5.73 Å². The van der Waals surface area contributed by atoms with E-state index in [2.05, 4.69) is 23.9 Å². The van der Waals surface area contributed by atoms with E-state index in [1.807, 2.05) is 13.0 Å². The van der Waals surface area contributed by atoms with Gasteiger partial charge in [0, 0.05) is 30.4 Å². The van der Waals surface area contributed by atoms with Crippen LogP contribution in [-0.2, 0) is 0 Å². The van der Waals surface area contributed by atoms with Gasteiger partial charge >= 0.3 is 0 Å². The van der Waals surface area contributed by atoms with Crippen LogP contribution in [0.25, 0.3) is 0 Å². The van der Waals surface area contributed by atoms with Crippen LogP contribution in [0, 0.1) is 5.82 Å². The minimum Gasteiger partial charge on any atom is -0.371 e. The van der Waals surface area contributed by atoms with Gasteiger partial charge < -0.3 is 15.5 Å². The number of anilines is 1. The molecule has 0 saturated carbocycles. The minimum absolute atomic E-state index is 0.202. The molecular formula is C15H24FN3. The Morgan fingerprint density at radius 2 is 2.00 bits per heavy atom. The monoisotopic (exact) mass is 265 g/mol. The van der Waals surface area contributed by atoms with Gasteiger partial charge in [0.2, 0.25) is 0 Å². The van der Waals surface area contributed by atoms with E-state index in [9.17, 15) is 4.39 Å². The van der Waals surface area contributed by atoms with Crippen LogP contribution in [0.1, 0.15) is 31.4 Å². The summed E-state index contributed by atoms with van der Waals surface area (Å²) < 4.78 is 14.0. The molecule has 1 saturated heterocycles. The van der Waals surface area contributed by atoms with E-state index in [1.54, 1.807) is 6.07 Å². The van der Waals surface area contributed by atoms with Crippen molar-refractivity contribution in [2.45, 2.75) is 31.8 Å². The molecule has 1 aromatic carbocycles. The lowest BCUT2D eigenvalue weighted by atomic mass is 10.00. The Kier molecular flexibility index (Phi) is 4.42. The van der Waals surface area contributed by atoms with Crippen molar-refractivity contribution >= 4 is 5.69 Å². The van der Waals surface area contributed by atoms with E-state index in [0.717, 1.165) is 31.6 Å². The maximum Gasteiger partial charge on any atom is 0.130 e. The lowest BCUT2D eigenvalue weighted by Gasteiger charge is -2.37. The van der Waals surface area contributed by atoms with Gasteiger partial charge in [0.15, 0.2) is 0 Å². The number of piperidine rings is 1. The van der Waals surface area contributed by atoms with Crippen LogP contribution in [-0.4, -0.2) is 38.1 Å². The SMILES string of the molecule is C[C@H](N)c1c(F)cccc1N(C)C1CCN(C)CC1. The maximum atomic E-state index is 14.0. The Hall–Kier alpha value is -1.13. The molecule has 0 unspecified atom stereocenters. The molecule has 1 aliphatic rings. The first-order valence-corrected chi connectivity index (χ1v) is 6.96. The highest BCUT2D eigenvalue weighted by atomic mass is 19.1. The molecule has 2 N–H and O–H groups in total. The van der Waals surface area contributed by atoms with Gasteiger partial charge in [-0.2, -0.15) is 0 Å². The highest BCUT2D eigenvalue weighted by molar-refractivity contribution is 5.55. The molecule has 19 heavy (non-hydrogen) atoms. The van der Waals surface area contributed by atoms with Crippen molar-refractivity contribution in [2.75, 3.05) is 32.1 Å². The van der Waals surface area contributed by atoms with Crippen LogP contribution in [0.4, 0.5) is 10.1 Å². The van der Waals surface area contributed by atoms with Gasteiger partial charge in [-0.25, -0.2) is 4.39 Å². The normalized spacial score (nSPS) is 19.4. The molecule has 3 nitrogen and oxygen atoms in total. The first-order chi connectivity index (χ1) is 9.00. The Labute approximate surface area is 115 Å². The van der Waals surface area contributed by atoms with Crippen LogP contribution in [0.5, 0.6) is 0 Å². The third-order valence-corrected chi connectivity index (χ3v) is 4.10. The van der Waals surface area contributed by atoms with Crippen molar-refractivity contribution in [1.82, 2.24) is 4.90 Å². The summed E-state index contributed by atoms with van der Waals surface area (Å²) in [4.78, 5) is 4.54. The lowest BCUT2D eigenvalue weighted by Crippen LogP contribution is -2.42. The smallest absolute Gasteiger partial charge is 0.130 e. The summed E-state index contributed by atoms with van der Waals surface area (Å²) in [6.07, 6.45) is 2.23. The molecule has 1 aromatic rings. The Morgan fingerprint density at radius 3 is 2.58 bits per heavy atom. The fourth-order valence-corrected chi connectivity index (χ4v) is 2.86. The lowest BCUT2D eigenvalue weighted by molar-refractivity contribution is 0.252. The molecule has 0 aromatic heterocycles. The second-order valence-corrected chi connectivity index (χ2v) is 5.61. The summed E-state index contributed by atoms with van der Waals surface area (Å²) in [5.41, 5.74) is 7.49. The van der Waals surface area contributed by atoms with Crippen LogP contribution in [0.15, 0.2) is 18.2 Å². The molecule has 0 radical (unpaired) electrons. The van der Waals surface area contributed by atoms with E-state index >= 15 is 0 Å². The summed E-state index contributed by atoms with van der Waals surface area (Å²) in [5.74, 6) is -0.202. The highest BCUT2D eigenvalue weighted by Gasteiger charge is 2.24. The molecule has 2 rings (SSSR count). The van der Waals surface area contributed by atoms with E-state index in [1.165, 1.54) is 6.07 Å². The van der Waals surface area contributed by atoms with E-state index < -0.39 is 0 Å². The molecule has 1 aliphatic heterocycles. The summed E-state index contributed by atoms with van der Waals surface area (Å²) in [7, 11) is 4.20. The van der Waals surface area contributed by atoms with Gasteiger partial charge in [-0.15, -0.1) is 0 Å². The molecular weight excluding hydrogens is 241 g/mol. The third-order valence-electron chi connectivity index (χ3n) is 4.10. The summed E-state index contributed by atoms with van der Waals surface area (Å²) in [6.45, 7) is 4.03. The average molecular weight is 265 g/mol. The number of hydrogen-bond acceptors (Lipinski definition) is 3. The average Bonchev–Trinajstić information content (AvgIpc) is 2.38. The Bertz CT molecular complexity index is 425. The van der Waals surface area contributed by atoms with E-state index in [4.69, 9.17) is 5.73 Å². The maximum absolute atomic E-state index is 14.0. The number of nitrogens with zero attached hydrogens (tertiary/aromatic N) is 2. The van der Waals surface area contributed by atoms with Crippen LogP contribution >= 0.6 is 0 Å². The predicted octanol–water partition coefficient (Wildman–Crippen LogP) is 2.38. The standard InChI is InChI=1S/C15H24FN3/c1-11(17)15-13(16)5-4-6-14(15)19(3)12-7-9-18(2)10-8-12/h4-6,11-12H,7-10,17H2,1-3H3/t11-/m0/s1. The fourth-order valence-electron chi connectivity index (χ4n) is 2.86. The topological polar surface area (TPSA) is 32.5 Å². The molecule has 1 atom stereocenters. The van der Waals surface area contributed by atoms with E-state index in [0.29, 0.717) is 11.6 Å². The molecule has 0 aliphatic carbocycles.